The Morgan fingerprint density at radius 2 is 1.89 bits per heavy atom. The van der Waals surface area contributed by atoms with Crippen molar-refractivity contribution in [1.82, 2.24) is 0 Å². The molecule has 0 radical (unpaired) electrons. The molecule has 1 aromatic heterocycles. The smallest absolute Gasteiger partial charge is 0.134 e. The minimum absolute atomic E-state index is 0.528. The van der Waals surface area contributed by atoms with E-state index in [1.807, 2.05) is 36.4 Å². The summed E-state index contributed by atoms with van der Waals surface area (Å²) < 4.78 is 11.3. The highest BCUT2D eigenvalue weighted by Crippen LogP contribution is 2.23. The van der Waals surface area contributed by atoms with E-state index in [2.05, 4.69) is 19.1 Å². The molecule has 0 aliphatic carbocycles. The molecule has 3 aromatic rings. The van der Waals surface area contributed by atoms with Gasteiger partial charge in [-0.15, -0.1) is 0 Å². The molecular formula is C16H14O2. The van der Waals surface area contributed by atoms with Crippen molar-refractivity contribution in [3.05, 3.63) is 65.9 Å². The fourth-order valence-electron chi connectivity index (χ4n) is 1.98. The van der Waals surface area contributed by atoms with Crippen LogP contribution in [0.25, 0.3) is 11.0 Å². The summed E-state index contributed by atoms with van der Waals surface area (Å²) in [7, 11) is 0. The Kier molecular flexibility index (Phi) is 2.77. The van der Waals surface area contributed by atoms with E-state index in [4.69, 9.17) is 9.15 Å². The molecule has 0 atom stereocenters. The van der Waals surface area contributed by atoms with Crippen molar-refractivity contribution >= 4 is 11.0 Å². The van der Waals surface area contributed by atoms with Gasteiger partial charge in [0.15, 0.2) is 0 Å². The van der Waals surface area contributed by atoms with Gasteiger partial charge in [-0.3, -0.25) is 0 Å². The zero-order chi connectivity index (χ0) is 12.4. The maximum absolute atomic E-state index is 5.73. The summed E-state index contributed by atoms with van der Waals surface area (Å²) in [6.07, 6.45) is 1.77. The standard InChI is InChI=1S/C16H14O2/c1-12-7-8-15-13(11-18-16(15)9-12)10-17-14-5-3-2-4-6-14/h2-9,11H,10H2,1H3. The summed E-state index contributed by atoms with van der Waals surface area (Å²) in [6.45, 7) is 2.59. The van der Waals surface area contributed by atoms with E-state index in [-0.39, 0.29) is 0 Å². The van der Waals surface area contributed by atoms with Gasteiger partial charge >= 0.3 is 0 Å². The van der Waals surface area contributed by atoms with Crippen LogP contribution in [0.3, 0.4) is 0 Å². The minimum Gasteiger partial charge on any atom is -0.489 e. The first-order valence-electron chi connectivity index (χ1n) is 5.97. The van der Waals surface area contributed by atoms with E-state index in [0.29, 0.717) is 6.61 Å². The zero-order valence-corrected chi connectivity index (χ0v) is 10.2. The van der Waals surface area contributed by atoms with E-state index in [1.165, 1.54) is 5.56 Å². The Morgan fingerprint density at radius 1 is 1.06 bits per heavy atom. The van der Waals surface area contributed by atoms with Crippen molar-refractivity contribution in [3.8, 4) is 5.75 Å². The number of ether oxygens (including phenoxy) is 1. The van der Waals surface area contributed by atoms with Gasteiger partial charge in [0.1, 0.15) is 17.9 Å². The number of benzene rings is 2. The number of hydrogen-bond donors (Lipinski definition) is 0. The summed E-state index contributed by atoms with van der Waals surface area (Å²) in [5, 5.41) is 1.12. The molecule has 0 bridgehead atoms. The molecule has 1 heterocycles. The predicted molar refractivity (Wildman–Crippen MR) is 71.7 cm³/mol. The summed E-state index contributed by atoms with van der Waals surface area (Å²) in [5.41, 5.74) is 3.20. The van der Waals surface area contributed by atoms with Crippen LogP contribution < -0.4 is 4.74 Å². The SMILES string of the molecule is Cc1ccc2c(COc3ccccc3)coc2c1. The quantitative estimate of drug-likeness (QED) is 0.678. The molecular weight excluding hydrogens is 224 g/mol. The van der Waals surface area contributed by atoms with Crippen molar-refractivity contribution < 1.29 is 9.15 Å². The molecule has 0 unspecified atom stereocenters. The molecule has 0 amide bonds. The predicted octanol–water partition coefficient (Wildman–Crippen LogP) is 4.32. The third kappa shape index (κ3) is 2.09. The molecule has 0 spiro atoms. The van der Waals surface area contributed by atoms with Crippen molar-refractivity contribution in [2.24, 2.45) is 0 Å². The van der Waals surface area contributed by atoms with Gasteiger partial charge in [0.05, 0.1) is 6.26 Å². The fourth-order valence-corrected chi connectivity index (χ4v) is 1.98. The summed E-state index contributed by atoms with van der Waals surface area (Å²) >= 11 is 0. The number of rotatable bonds is 3. The van der Waals surface area contributed by atoms with Crippen LogP contribution in [0, 0.1) is 6.92 Å². The molecule has 0 saturated carbocycles. The molecule has 3 rings (SSSR count). The molecule has 0 saturated heterocycles. The maximum Gasteiger partial charge on any atom is 0.134 e. The van der Waals surface area contributed by atoms with E-state index < -0.39 is 0 Å². The largest absolute Gasteiger partial charge is 0.489 e. The molecule has 2 heteroatoms. The third-order valence-corrected chi connectivity index (χ3v) is 2.95. The van der Waals surface area contributed by atoms with E-state index in [0.717, 1.165) is 22.3 Å². The Bertz CT molecular complexity index is 653. The van der Waals surface area contributed by atoms with Crippen LogP contribution in [-0.2, 0) is 6.61 Å². The van der Waals surface area contributed by atoms with Crippen LogP contribution in [0.2, 0.25) is 0 Å². The van der Waals surface area contributed by atoms with E-state index >= 15 is 0 Å². The second-order valence-electron chi connectivity index (χ2n) is 4.36. The van der Waals surface area contributed by atoms with Crippen LogP contribution in [0.1, 0.15) is 11.1 Å². The molecule has 0 aliphatic rings. The molecule has 18 heavy (non-hydrogen) atoms. The van der Waals surface area contributed by atoms with Crippen molar-refractivity contribution in [1.29, 1.82) is 0 Å². The Morgan fingerprint density at radius 3 is 2.72 bits per heavy atom. The first-order valence-corrected chi connectivity index (χ1v) is 5.97. The normalized spacial score (nSPS) is 10.7. The molecule has 2 nitrogen and oxygen atoms in total. The first kappa shape index (κ1) is 10.9. The number of hydrogen-bond acceptors (Lipinski definition) is 2. The Labute approximate surface area is 106 Å². The van der Waals surface area contributed by atoms with Crippen LogP contribution in [0.5, 0.6) is 5.75 Å². The van der Waals surface area contributed by atoms with E-state index in [9.17, 15) is 0 Å². The van der Waals surface area contributed by atoms with Crippen molar-refractivity contribution in [2.45, 2.75) is 13.5 Å². The van der Waals surface area contributed by atoms with Crippen LogP contribution in [0.15, 0.2) is 59.2 Å². The Balaban J connectivity index is 1.83. The number of para-hydroxylation sites is 1. The van der Waals surface area contributed by atoms with Gasteiger partial charge in [0, 0.05) is 10.9 Å². The van der Waals surface area contributed by atoms with Gasteiger partial charge in [-0.1, -0.05) is 30.3 Å². The monoisotopic (exact) mass is 238 g/mol. The number of furan rings is 1. The van der Waals surface area contributed by atoms with Crippen LogP contribution in [-0.4, -0.2) is 0 Å². The van der Waals surface area contributed by atoms with Gasteiger partial charge in [-0.05, 0) is 30.7 Å². The van der Waals surface area contributed by atoms with Gasteiger partial charge in [0.25, 0.3) is 0 Å². The van der Waals surface area contributed by atoms with Gasteiger partial charge < -0.3 is 9.15 Å². The second kappa shape index (κ2) is 4.57. The molecule has 0 fully saturated rings. The van der Waals surface area contributed by atoms with Gasteiger partial charge in [-0.25, -0.2) is 0 Å². The average Bonchev–Trinajstić information content (AvgIpc) is 2.80. The van der Waals surface area contributed by atoms with Gasteiger partial charge in [0.2, 0.25) is 0 Å². The number of aryl methyl sites for hydroxylation is 1. The van der Waals surface area contributed by atoms with E-state index in [1.54, 1.807) is 6.26 Å². The molecule has 0 N–H and O–H groups in total. The van der Waals surface area contributed by atoms with Crippen LogP contribution >= 0.6 is 0 Å². The highest BCUT2D eigenvalue weighted by Gasteiger charge is 2.06. The highest BCUT2D eigenvalue weighted by molar-refractivity contribution is 5.81. The molecule has 90 valence electrons. The topological polar surface area (TPSA) is 22.4 Å². The molecule has 2 aromatic carbocycles. The average molecular weight is 238 g/mol. The lowest BCUT2D eigenvalue weighted by atomic mass is 10.1. The summed E-state index contributed by atoms with van der Waals surface area (Å²) in [5.74, 6) is 0.874. The fraction of sp³-hybridized carbons (Fsp3) is 0.125. The maximum atomic E-state index is 5.73. The van der Waals surface area contributed by atoms with Crippen molar-refractivity contribution in [2.75, 3.05) is 0 Å². The van der Waals surface area contributed by atoms with Crippen molar-refractivity contribution in [3.63, 3.8) is 0 Å². The number of fused-ring (bicyclic) bond motifs is 1. The second-order valence-corrected chi connectivity index (χ2v) is 4.36. The van der Waals surface area contributed by atoms with Gasteiger partial charge in [-0.2, -0.15) is 0 Å². The highest BCUT2D eigenvalue weighted by atomic mass is 16.5. The molecule has 0 aliphatic heterocycles. The Hall–Kier alpha value is -2.22. The summed E-state index contributed by atoms with van der Waals surface area (Å²) in [6, 6.07) is 16.0. The minimum atomic E-state index is 0.528. The lowest BCUT2D eigenvalue weighted by Crippen LogP contribution is -1.93. The lowest BCUT2D eigenvalue weighted by molar-refractivity contribution is 0.306. The lowest BCUT2D eigenvalue weighted by Gasteiger charge is -2.04. The zero-order valence-electron chi connectivity index (χ0n) is 10.2. The first-order chi connectivity index (χ1) is 8.83. The third-order valence-electron chi connectivity index (χ3n) is 2.95. The summed E-state index contributed by atoms with van der Waals surface area (Å²) in [4.78, 5) is 0. The van der Waals surface area contributed by atoms with Crippen LogP contribution in [0.4, 0.5) is 0 Å².